The van der Waals surface area contributed by atoms with Crippen molar-refractivity contribution in [2.24, 2.45) is 0 Å². The van der Waals surface area contributed by atoms with E-state index >= 15 is 0 Å². The Morgan fingerprint density at radius 1 is 1.25 bits per heavy atom. The molecule has 1 aliphatic rings. The van der Waals surface area contributed by atoms with Gasteiger partial charge in [-0.05, 0) is 6.07 Å². The molecule has 150 valence electrons. The van der Waals surface area contributed by atoms with E-state index in [4.69, 9.17) is 4.74 Å². The highest BCUT2D eigenvalue weighted by Gasteiger charge is 2.22. The van der Waals surface area contributed by atoms with Gasteiger partial charge in [0, 0.05) is 63.7 Å². The summed E-state index contributed by atoms with van der Waals surface area (Å²) in [7, 11) is 1.67. The summed E-state index contributed by atoms with van der Waals surface area (Å²) in [5, 5.41) is 4.84. The fraction of sp³-hybridized carbons (Fsp3) is 0.444. The third-order valence-corrected chi connectivity index (χ3v) is 5.18. The van der Waals surface area contributed by atoms with Crippen molar-refractivity contribution in [1.82, 2.24) is 19.4 Å². The predicted octanol–water partition coefficient (Wildman–Crippen LogP) is 0.348. The highest BCUT2D eigenvalue weighted by molar-refractivity contribution is 7.13. The van der Waals surface area contributed by atoms with Crippen molar-refractivity contribution >= 4 is 28.3 Å². The van der Waals surface area contributed by atoms with Crippen LogP contribution in [0, 0.1) is 0 Å². The second-order valence-corrected chi connectivity index (χ2v) is 7.29. The van der Waals surface area contributed by atoms with Crippen molar-refractivity contribution in [1.29, 1.82) is 0 Å². The summed E-state index contributed by atoms with van der Waals surface area (Å²) in [6.07, 6.45) is 3.03. The van der Waals surface area contributed by atoms with Crippen LogP contribution in [0.5, 0.6) is 0 Å². The van der Waals surface area contributed by atoms with E-state index in [0.29, 0.717) is 30.4 Å². The number of carbonyl (C=O) groups excluding carboxylic acids is 2. The summed E-state index contributed by atoms with van der Waals surface area (Å²) in [4.78, 5) is 45.0. The Kier molecular flexibility index (Phi) is 6.90. The van der Waals surface area contributed by atoms with Crippen LogP contribution >= 0.6 is 11.3 Å². The molecule has 0 atom stereocenters. The van der Waals surface area contributed by atoms with E-state index in [1.54, 1.807) is 23.6 Å². The van der Waals surface area contributed by atoms with Crippen molar-refractivity contribution in [2.75, 3.05) is 51.8 Å². The molecule has 3 rings (SSSR count). The van der Waals surface area contributed by atoms with Crippen molar-refractivity contribution in [3.05, 3.63) is 45.8 Å². The lowest BCUT2D eigenvalue weighted by molar-refractivity contribution is -0.116. The number of aromatic nitrogens is 2. The molecule has 28 heavy (non-hydrogen) atoms. The minimum absolute atomic E-state index is 0.138. The minimum Gasteiger partial charge on any atom is -0.383 e. The number of rotatable bonds is 7. The number of hydrogen-bond donors (Lipinski definition) is 1. The number of piperazine rings is 1. The maximum atomic E-state index is 12.8. The first-order valence-electron chi connectivity index (χ1n) is 8.97. The monoisotopic (exact) mass is 405 g/mol. The highest BCUT2D eigenvalue weighted by Crippen LogP contribution is 2.11. The first-order valence-corrected chi connectivity index (χ1v) is 9.85. The number of pyridine rings is 1. The Morgan fingerprint density at radius 3 is 2.71 bits per heavy atom. The molecule has 2 aromatic rings. The molecule has 0 aliphatic carbocycles. The number of anilines is 1. The molecule has 0 unspecified atom stereocenters. The normalized spacial score (nSPS) is 14.8. The summed E-state index contributed by atoms with van der Waals surface area (Å²) < 4.78 is 6.33. The average Bonchev–Trinajstić information content (AvgIpc) is 3.21. The molecule has 2 aromatic heterocycles. The Balaban J connectivity index is 1.61. The second-order valence-electron chi connectivity index (χ2n) is 6.40. The summed E-state index contributed by atoms with van der Waals surface area (Å²) in [5.41, 5.74) is 0.0576. The van der Waals surface area contributed by atoms with Crippen molar-refractivity contribution < 1.29 is 14.3 Å². The van der Waals surface area contributed by atoms with Gasteiger partial charge < -0.3 is 19.5 Å². The number of thiazole rings is 1. The van der Waals surface area contributed by atoms with Gasteiger partial charge in [0.15, 0.2) is 5.13 Å². The summed E-state index contributed by atoms with van der Waals surface area (Å²) >= 11 is 1.29. The van der Waals surface area contributed by atoms with Gasteiger partial charge in [0.1, 0.15) is 6.54 Å². The smallest absolute Gasteiger partial charge is 0.255 e. The number of nitrogens with zero attached hydrogens (tertiary/aromatic N) is 4. The highest BCUT2D eigenvalue weighted by atomic mass is 32.1. The third-order valence-electron chi connectivity index (χ3n) is 4.49. The van der Waals surface area contributed by atoms with Gasteiger partial charge in [0.05, 0.1) is 12.2 Å². The van der Waals surface area contributed by atoms with Crippen LogP contribution in [0.25, 0.3) is 0 Å². The van der Waals surface area contributed by atoms with Crippen LogP contribution in [0.1, 0.15) is 10.4 Å². The Hall–Kier alpha value is -2.56. The van der Waals surface area contributed by atoms with E-state index < -0.39 is 0 Å². The zero-order valence-electron chi connectivity index (χ0n) is 15.7. The Bertz CT molecular complexity index is 859. The van der Waals surface area contributed by atoms with Crippen molar-refractivity contribution in [3.63, 3.8) is 0 Å². The zero-order valence-corrected chi connectivity index (χ0v) is 16.5. The van der Waals surface area contributed by atoms with E-state index in [2.05, 4.69) is 15.2 Å². The fourth-order valence-electron chi connectivity index (χ4n) is 2.96. The lowest BCUT2D eigenvalue weighted by Crippen LogP contribution is -2.49. The van der Waals surface area contributed by atoms with Crippen LogP contribution in [0.3, 0.4) is 0 Å². The molecule has 0 saturated carbocycles. The SMILES string of the molecule is COCCN1CCN(C(=O)c2ccc(=O)n(CC(=O)Nc3nccs3)c2)CC1. The number of ether oxygens (including phenoxy) is 1. The molecular weight excluding hydrogens is 382 g/mol. The van der Waals surface area contributed by atoms with E-state index in [0.717, 1.165) is 19.6 Å². The number of methoxy groups -OCH3 is 1. The average molecular weight is 405 g/mol. The van der Waals surface area contributed by atoms with Gasteiger partial charge in [0.25, 0.3) is 11.5 Å². The lowest BCUT2D eigenvalue weighted by atomic mass is 10.2. The molecule has 1 saturated heterocycles. The lowest BCUT2D eigenvalue weighted by Gasteiger charge is -2.34. The van der Waals surface area contributed by atoms with E-state index in [9.17, 15) is 14.4 Å². The molecule has 10 heteroatoms. The van der Waals surface area contributed by atoms with Crippen molar-refractivity contribution in [3.8, 4) is 0 Å². The molecule has 9 nitrogen and oxygen atoms in total. The largest absolute Gasteiger partial charge is 0.383 e. The standard InChI is InChI=1S/C18H23N5O4S/c1-27-10-9-21-5-7-22(8-6-21)17(26)14-2-3-16(25)23(12-14)13-15(24)20-18-19-4-11-28-18/h2-4,11-12H,5-10,13H2,1H3,(H,19,20,24). The molecule has 1 fully saturated rings. The quantitative estimate of drug-likeness (QED) is 0.714. The van der Waals surface area contributed by atoms with E-state index in [-0.39, 0.29) is 23.9 Å². The van der Waals surface area contributed by atoms with Gasteiger partial charge in [-0.15, -0.1) is 11.3 Å². The van der Waals surface area contributed by atoms with Crippen LogP contribution in [-0.4, -0.2) is 77.6 Å². The van der Waals surface area contributed by atoms with Crippen LogP contribution in [0.4, 0.5) is 5.13 Å². The molecule has 0 spiro atoms. The van der Waals surface area contributed by atoms with Crippen LogP contribution in [0.2, 0.25) is 0 Å². The number of amides is 2. The van der Waals surface area contributed by atoms with Gasteiger partial charge >= 0.3 is 0 Å². The van der Waals surface area contributed by atoms with Gasteiger partial charge in [-0.25, -0.2) is 4.98 Å². The maximum absolute atomic E-state index is 12.8. The summed E-state index contributed by atoms with van der Waals surface area (Å²) in [6, 6.07) is 2.83. The molecule has 3 heterocycles. The van der Waals surface area contributed by atoms with Gasteiger partial charge in [-0.1, -0.05) is 0 Å². The van der Waals surface area contributed by atoms with E-state index in [1.807, 2.05) is 0 Å². The predicted molar refractivity (Wildman–Crippen MR) is 106 cm³/mol. The van der Waals surface area contributed by atoms with Gasteiger partial charge in [0.2, 0.25) is 5.91 Å². The Labute approximate surface area is 166 Å². The molecule has 0 bridgehead atoms. The zero-order chi connectivity index (χ0) is 19.9. The first kappa shape index (κ1) is 20.2. The van der Waals surface area contributed by atoms with Crippen molar-refractivity contribution in [2.45, 2.75) is 6.54 Å². The minimum atomic E-state index is -0.367. The molecule has 1 N–H and O–H groups in total. The van der Waals surface area contributed by atoms with Crippen LogP contribution in [-0.2, 0) is 16.1 Å². The summed E-state index contributed by atoms with van der Waals surface area (Å²) in [5.74, 6) is -0.506. The first-order chi connectivity index (χ1) is 13.6. The second kappa shape index (κ2) is 9.58. The molecule has 2 amide bonds. The topological polar surface area (TPSA) is 96.8 Å². The number of nitrogens with one attached hydrogen (secondary N) is 1. The van der Waals surface area contributed by atoms with E-state index in [1.165, 1.54) is 34.2 Å². The van der Waals surface area contributed by atoms with Crippen LogP contribution < -0.4 is 10.9 Å². The number of carbonyl (C=O) groups is 2. The van der Waals surface area contributed by atoms with Crippen LogP contribution in [0.15, 0.2) is 34.7 Å². The molecular formula is C18H23N5O4S. The van der Waals surface area contributed by atoms with Gasteiger partial charge in [-0.2, -0.15) is 0 Å². The third kappa shape index (κ3) is 5.24. The Morgan fingerprint density at radius 2 is 2.04 bits per heavy atom. The maximum Gasteiger partial charge on any atom is 0.255 e. The number of hydrogen-bond acceptors (Lipinski definition) is 7. The molecule has 0 radical (unpaired) electrons. The molecule has 1 aliphatic heterocycles. The van der Waals surface area contributed by atoms with Gasteiger partial charge in [-0.3, -0.25) is 19.3 Å². The summed E-state index contributed by atoms with van der Waals surface area (Å²) in [6.45, 7) is 4.14. The fourth-order valence-corrected chi connectivity index (χ4v) is 3.50. The molecule has 0 aromatic carbocycles.